The third-order valence-electron chi connectivity index (χ3n) is 4.72. The van der Waals surface area contributed by atoms with Crippen molar-refractivity contribution in [3.05, 3.63) is 23.5 Å². The van der Waals surface area contributed by atoms with Gasteiger partial charge in [0, 0.05) is 18.8 Å². The summed E-state index contributed by atoms with van der Waals surface area (Å²) in [4.78, 5) is -0.314. The Balaban J connectivity index is 2.30. The molecule has 0 aromatic heterocycles. The molecular weight excluding hydrogens is 291 g/mol. The number of rotatable bonds is 3. The Labute approximate surface area is 126 Å². The lowest BCUT2D eigenvalue weighted by Gasteiger charge is -2.38. The molecule has 0 radical (unpaired) electrons. The second kappa shape index (κ2) is 5.57. The predicted octanol–water partition coefficient (Wildman–Crippen LogP) is 2.92. The monoisotopic (exact) mass is 314 g/mol. The predicted molar refractivity (Wildman–Crippen MR) is 81.9 cm³/mol. The highest BCUT2D eigenvalue weighted by Crippen LogP contribution is 2.36. The van der Waals surface area contributed by atoms with Crippen LogP contribution in [0.5, 0.6) is 0 Å². The molecule has 21 heavy (non-hydrogen) atoms. The minimum Gasteiger partial charge on any atom is -0.398 e. The lowest BCUT2D eigenvalue weighted by Crippen LogP contribution is -2.42. The molecule has 118 valence electrons. The SMILES string of the molecule is CCC1(C)CCN(S(=O)(=O)c2cc(N)c(C)cc2F)CC1. The highest BCUT2D eigenvalue weighted by Gasteiger charge is 2.35. The summed E-state index contributed by atoms with van der Waals surface area (Å²) < 4.78 is 40.6. The minimum atomic E-state index is -3.81. The first-order valence-corrected chi connectivity index (χ1v) is 8.69. The molecule has 2 N–H and O–H groups in total. The number of sulfonamides is 1. The number of hydrogen-bond donors (Lipinski definition) is 1. The summed E-state index contributed by atoms with van der Waals surface area (Å²) in [5, 5.41) is 0. The van der Waals surface area contributed by atoms with Gasteiger partial charge in [0.25, 0.3) is 0 Å². The summed E-state index contributed by atoms with van der Waals surface area (Å²) in [7, 11) is -3.81. The van der Waals surface area contributed by atoms with E-state index in [-0.39, 0.29) is 10.3 Å². The molecule has 0 atom stereocenters. The Morgan fingerprint density at radius 3 is 2.43 bits per heavy atom. The number of piperidine rings is 1. The number of halogens is 1. The summed E-state index contributed by atoms with van der Waals surface area (Å²) in [5.74, 6) is -0.731. The number of aryl methyl sites for hydroxylation is 1. The molecule has 6 heteroatoms. The molecule has 1 aromatic carbocycles. The quantitative estimate of drug-likeness (QED) is 0.873. The van der Waals surface area contributed by atoms with Crippen molar-refractivity contribution < 1.29 is 12.8 Å². The van der Waals surface area contributed by atoms with Gasteiger partial charge in [0.1, 0.15) is 10.7 Å². The molecule has 1 aromatic rings. The number of anilines is 1. The molecule has 0 spiro atoms. The Morgan fingerprint density at radius 2 is 1.90 bits per heavy atom. The van der Waals surface area contributed by atoms with Crippen LogP contribution in [0.2, 0.25) is 0 Å². The average molecular weight is 314 g/mol. The lowest BCUT2D eigenvalue weighted by atomic mass is 9.79. The van der Waals surface area contributed by atoms with Crippen LogP contribution in [0.4, 0.5) is 10.1 Å². The van der Waals surface area contributed by atoms with Gasteiger partial charge in [-0.15, -0.1) is 0 Å². The van der Waals surface area contributed by atoms with Gasteiger partial charge in [-0.25, -0.2) is 12.8 Å². The number of benzene rings is 1. The Hall–Kier alpha value is -1.14. The molecule has 1 fully saturated rings. The van der Waals surface area contributed by atoms with Crippen molar-refractivity contribution >= 4 is 15.7 Å². The van der Waals surface area contributed by atoms with E-state index in [9.17, 15) is 12.8 Å². The highest BCUT2D eigenvalue weighted by molar-refractivity contribution is 7.89. The summed E-state index contributed by atoms with van der Waals surface area (Å²) in [6.45, 7) is 6.80. The van der Waals surface area contributed by atoms with Gasteiger partial charge in [-0.1, -0.05) is 20.3 Å². The van der Waals surface area contributed by atoms with E-state index in [1.807, 2.05) is 0 Å². The Morgan fingerprint density at radius 1 is 1.33 bits per heavy atom. The van der Waals surface area contributed by atoms with Crippen LogP contribution < -0.4 is 5.73 Å². The summed E-state index contributed by atoms with van der Waals surface area (Å²) in [5.41, 5.74) is 6.75. The van der Waals surface area contributed by atoms with Crippen LogP contribution in [0.25, 0.3) is 0 Å². The van der Waals surface area contributed by atoms with Crippen molar-refractivity contribution in [2.24, 2.45) is 5.41 Å². The van der Waals surface area contributed by atoms with Crippen molar-refractivity contribution in [2.45, 2.75) is 44.9 Å². The zero-order valence-corrected chi connectivity index (χ0v) is 13.6. The largest absolute Gasteiger partial charge is 0.398 e. The average Bonchev–Trinajstić information content (AvgIpc) is 2.43. The molecule has 0 bridgehead atoms. The third-order valence-corrected chi connectivity index (χ3v) is 6.64. The molecule has 1 aliphatic rings. The van der Waals surface area contributed by atoms with Gasteiger partial charge in [-0.05, 0) is 42.9 Å². The Kier molecular flexibility index (Phi) is 4.31. The maximum atomic E-state index is 14.0. The van der Waals surface area contributed by atoms with E-state index in [0.717, 1.165) is 19.3 Å². The molecule has 0 unspecified atom stereocenters. The molecule has 0 amide bonds. The van der Waals surface area contributed by atoms with Gasteiger partial charge in [0.05, 0.1) is 0 Å². The number of nitrogen functional groups attached to an aromatic ring is 1. The normalized spacial score (nSPS) is 19.6. The fourth-order valence-electron chi connectivity index (χ4n) is 2.63. The first-order chi connectivity index (χ1) is 9.69. The van der Waals surface area contributed by atoms with Crippen LogP contribution in [0, 0.1) is 18.2 Å². The van der Waals surface area contributed by atoms with E-state index in [1.165, 1.54) is 16.4 Å². The maximum absolute atomic E-state index is 14.0. The van der Waals surface area contributed by atoms with Gasteiger partial charge in [0.15, 0.2) is 0 Å². The topological polar surface area (TPSA) is 63.4 Å². The first-order valence-electron chi connectivity index (χ1n) is 7.25. The number of nitrogens with two attached hydrogens (primary N) is 1. The van der Waals surface area contributed by atoms with Crippen molar-refractivity contribution in [1.82, 2.24) is 4.31 Å². The van der Waals surface area contributed by atoms with E-state index in [0.29, 0.717) is 24.3 Å². The Bertz CT molecular complexity index is 635. The van der Waals surface area contributed by atoms with E-state index >= 15 is 0 Å². The maximum Gasteiger partial charge on any atom is 0.246 e. The fraction of sp³-hybridized carbons (Fsp3) is 0.600. The summed E-state index contributed by atoms with van der Waals surface area (Å²) >= 11 is 0. The van der Waals surface area contributed by atoms with Crippen LogP contribution in [-0.4, -0.2) is 25.8 Å². The second-order valence-corrected chi connectivity index (χ2v) is 8.11. The van der Waals surface area contributed by atoms with Gasteiger partial charge in [0.2, 0.25) is 10.0 Å². The zero-order chi connectivity index (χ0) is 15.8. The molecule has 4 nitrogen and oxygen atoms in total. The molecule has 1 saturated heterocycles. The lowest BCUT2D eigenvalue weighted by molar-refractivity contribution is 0.168. The number of hydrogen-bond acceptors (Lipinski definition) is 3. The highest BCUT2D eigenvalue weighted by atomic mass is 32.2. The van der Waals surface area contributed by atoms with Crippen molar-refractivity contribution in [1.29, 1.82) is 0 Å². The van der Waals surface area contributed by atoms with Crippen LogP contribution in [0.15, 0.2) is 17.0 Å². The van der Waals surface area contributed by atoms with Crippen LogP contribution in [0.1, 0.15) is 38.7 Å². The van der Waals surface area contributed by atoms with Gasteiger partial charge >= 0.3 is 0 Å². The zero-order valence-electron chi connectivity index (χ0n) is 12.8. The molecule has 0 aliphatic carbocycles. The van der Waals surface area contributed by atoms with Crippen LogP contribution in [0.3, 0.4) is 0 Å². The fourth-order valence-corrected chi connectivity index (χ4v) is 4.15. The standard InChI is InChI=1S/C15H23FN2O2S/c1-4-15(3)5-7-18(8-6-15)21(19,20)14-10-13(17)11(2)9-12(14)16/h9-10H,4-8,17H2,1-3H3. The van der Waals surface area contributed by atoms with Crippen LogP contribution in [-0.2, 0) is 10.0 Å². The van der Waals surface area contributed by atoms with E-state index < -0.39 is 15.8 Å². The minimum absolute atomic E-state index is 0.177. The second-order valence-electron chi connectivity index (χ2n) is 6.21. The number of nitrogens with zero attached hydrogens (tertiary/aromatic N) is 1. The molecule has 1 heterocycles. The molecular formula is C15H23FN2O2S. The third kappa shape index (κ3) is 3.06. The van der Waals surface area contributed by atoms with Gasteiger partial charge in [-0.3, -0.25) is 0 Å². The molecule has 0 saturated carbocycles. The first kappa shape index (κ1) is 16.2. The van der Waals surface area contributed by atoms with E-state index in [4.69, 9.17) is 5.73 Å². The van der Waals surface area contributed by atoms with E-state index in [2.05, 4.69) is 13.8 Å². The van der Waals surface area contributed by atoms with Crippen molar-refractivity contribution in [3.63, 3.8) is 0 Å². The van der Waals surface area contributed by atoms with Crippen molar-refractivity contribution in [2.75, 3.05) is 18.8 Å². The molecule has 1 aliphatic heterocycles. The summed E-state index contributed by atoms with van der Waals surface area (Å²) in [6.07, 6.45) is 2.62. The van der Waals surface area contributed by atoms with Crippen LogP contribution >= 0.6 is 0 Å². The van der Waals surface area contributed by atoms with E-state index in [1.54, 1.807) is 6.92 Å². The molecule has 2 rings (SSSR count). The van der Waals surface area contributed by atoms with Crippen molar-refractivity contribution in [3.8, 4) is 0 Å². The van der Waals surface area contributed by atoms with Gasteiger partial charge in [-0.2, -0.15) is 4.31 Å². The summed E-state index contributed by atoms with van der Waals surface area (Å²) in [6, 6.07) is 2.41. The smallest absolute Gasteiger partial charge is 0.246 e. The van der Waals surface area contributed by atoms with Gasteiger partial charge < -0.3 is 5.73 Å².